The van der Waals surface area contributed by atoms with Crippen molar-refractivity contribution < 1.29 is 22.4 Å². The van der Waals surface area contributed by atoms with E-state index in [1.165, 1.54) is 10.4 Å². The smallest absolute Gasteiger partial charge is 0.271 e. The maximum absolute atomic E-state index is 14.3. The van der Waals surface area contributed by atoms with Gasteiger partial charge in [0.2, 0.25) is 10.0 Å². The summed E-state index contributed by atoms with van der Waals surface area (Å²) in [6.45, 7) is 2.20. The SMILES string of the molecule is Cc1[nH]nc(C(N)=O)c1NC(=O)c1ccc(F)c(S(=O)(=O)N2CCCCC2)c1. The molecule has 0 saturated carbocycles. The lowest BCUT2D eigenvalue weighted by Gasteiger charge is -2.26. The molecule has 2 aromatic rings. The van der Waals surface area contributed by atoms with Crippen LogP contribution in [0.15, 0.2) is 23.1 Å². The quantitative estimate of drug-likeness (QED) is 0.685. The first kappa shape index (κ1) is 20.0. The van der Waals surface area contributed by atoms with Crippen LogP contribution in [-0.4, -0.2) is 47.8 Å². The molecule has 150 valence electrons. The number of amides is 2. The minimum Gasteiger partial charge on any atom is -0.364 e. The molecule has 1 aliphatic heterocycles. The Labute approximate surface area is 161 Å². The number of carbonyl (C=O) groups is 2. The Morgan fingerprint density at radius 1 is 1.25 bits per heavy atom. The zero-order valence-electron chi connectivity index (χ0n) is 15.2. The number of aromatic nitrogens is 2. The molecule has 0 bridgehead atoms. The topological polar surface area (TPSA) is 138 Å². The van der Waals surface area contributed by atoms with E-state index in [1.807, 2.05) is 0 Å². The van der Waals surface area contributed by atoms with E-state index in [-0.39, 0.29) is 16.9 Å². The van der Waals surface area contributed by atoms with Crippen LogP contribution in [0.1, 0.15) is 45.8 Å². The zero-order valence-corrected chi connectivity index (χ0v) is 16.0. The number of hydrogen-bond acceptors (Lipinski definition) is 5. The molecule has 1 aromatic heterocycles. The van der Waals surface area contributed by atoms with Crippen LogP contribution in [0.4, 0.5) is 10.1 Å². The number of hydrogen-bond donors (Lipinski definition) is 3. The summed E-state index contributed by atoms with van der Waals surface area (Å²) in [6, 6.07) is 3.09. The van der Waals surface area contributed by atoms with Gasteiger partial charge in [0.25, 0.3) is 11.8 Å². The van der Waals surface area contributed by atoms with E-state index in [2.05, 4.69) is 15.5 Å². The van der Waals surface area contributed by atoms with Crippen molar-refractivity contribution in [2.75, 3.05) is 18.4 Å². The van der Waals surface area contributed by atoms with Gasteiger partial charge in [0.15, 0.2) is 5.69 Å². The van der Waals surface area contributed by atoms with Gasteiger partial charge in [0.05, 0.1) is 11.4 Å². The molecule has 11 heteroatoms. The van der Waals surface area contributed by atoms with Crippen LogP contribution in [0.2, 0.25) is 0 Å². The maximum Gasteiger partial charge on any atom is 0.271 e. The van der Waals surface area contributed by atoms with Gasteiger partial charge in [-0.2, -0.15) is 9.40 Å². The summed E-state index contributed by atoms with van der Waals surface area (Å²) in [7, 11) is -4.05. The largest absolute Gasteiger partial charge is 0.364 e. The molecule has 2 amide bonds. The van der Waals surface area contributed by atoms with E-state index in [1.54, 1.807) is 6.92 Å². The molecule has 4 N–H and O–H groups in total. The third kappa shape index (κ3) is 3.76. The Hall–Kier alpha value is -2.79. The Kier molecular flexibility index (Phi) is 5.47. The molecule has 1 saturated heterocycles. The van der Waals surface area contributed by atoms with Crippen LogP contribution in [0.3, 0.4) is 0 Å². The summed E-state index contributed by atoms with van der Waals surface area (Å²) in [5, 5.41) is 8.72. The molecule has 0 spiro atoms. The Morgan fingerprint density at radius 2 is 1.93 bits per heavy atom. The molecule has 1 aliphatic rings. The van der Waals surface area contributed by atoms with E-state index in [0.29, 0.717) is 31.6 Å². The third-order valence-corrected chi connectivity index (χ3v) is 6.46. The lowest BCUT2D eigenvalue weighted by Crippen LogP contribution is -2.36. The van der Waals surface area contributed by atoms with E-state index >= 15 is 0 Å². The van der Waals surface area contributed by atoms with Gasteiger partial charge in [-0.3, -0.25) is 14.7 Å². The van der Waals surface area contributed by atoms with Crippen molar-refractivity contribution in [3.05, 3.63) is 41.0 Å². The number of sulfonamides is 1. The highest BCUT2D eigenvalue weighted by Gasteiger charge is 2.29. The van der Waals surface area contributed by atoms with Crippen molar-refractivity contribution in [3.63, 3.8) is 0 Å². The number of H-pyrrole nitrogens is 1. The predicted molar refractivity (Wildman–Crippen MR) is 98.8 cm³/mol. The number of rotatable bonds is 5. The van der Waals surface area contributed by atoms with Crippen molar-refractivity contribution in [2.45, 2.75) is 31.1 Å². The normalized spacial score (nSPS) is 15.4. The lowest BCUT2D eigenvalue weighted by atomic mass is 10.2. The first-order chi connectivity index (χ1) is 13.2. The van der Waals surface area contributed by atoms with Crippen LogP contribution < -0.4 is 11.1 Å². The number of anilines is 1. The summed E-state index contributed by atoms with van der Waals surface area (Å²) in [5.74, 6) is -2.49. The van der Waals surface area contributed by atoms with Crippen molar-refractivity contribution in [1.29, 1.82) is 0 Å². The molecule has 28 heavy (non-hydrogen) atoms. The fraction of sp³-hybridized carbons (Fsp3) is 0.353. The van der Waals surface area contributed by atoms with Crippen molar-refractivity contribution in [3.8, 4) is 0 Å². The van der Waals surface area contributed by atoms with Crippen molar-refractivity contribution >= 4 is 27.5 Å². The molecule has 2 heterocycles. The summed E-state index contributed by atoms with van der Waals surface area (Å²) >= 11 is 0. The second-order valence-corrected chi connectivity index (χ2v) is 8.41. The molecular formula is C17H20FN5O4S. The van der Waals surface area contributed by atoms with Gasteiger partial charge in [-0.1, -0.05) is 6.42 Å². The second kappa shape index (κ2) is 7.68. The van der Waals surface area contributed by atoms with Gasteiger partial charge in [0.1, 0.15) is 10.7 Å². The number of aryl methyl sites for hydroxylation is 1. The number of primary amides is 1. The monoisotopic (exact) mass is 409 g/mol. The summed E-state index contributed by atoms with van der Waals surface area (Å²) < 4.78 is 41.1. The highest BCUT2D eigenvalue weighted by molar-refractivity contribution is 7.89. The van der Waals surface area contributed by atoms with E-state index in [0.717, 1.165) is 18.6 Å². The summed E-state index contributed by atoms with van der Waals surface area (Å²) in [4.78, 5) is 23.4. The molecule has 9 nitrogen and oxygen atoms in total. The van der Waals surface area contributed by atoms with Crippen molar-refractivity contribution in [2.24, 2.45) is 5.73 Å². The fourth-order valence-electron chi connectivity index (χ4n) is 3.03. The number of halogens is 1. The van der Waals surface area contributed by atoms with Gasteiger partial charge in [0, 0.05) is 18.7 Å². The van der Waals surface area contributed by atoms with E-state index in [4.69, 9.17) is 5.73 Å². The molecule has 0 radical (unpaired) electrons. The zero-order chi connectivity index (χ0) is 20.5. The number of nitrogens with zero attached hydrogens (tertiary/aromatic N) is 2. The number of piperidine rings is 1. The second-order valence-electron chi connectivity index (χ2n) is 6.50. The molecule has 0 aliphatic carbocycles. The number of carbonyl (C=O) groups excluding carboxylic acids is 2. The maximum atomic E-state index is 14.3. The number of benzene rings is 1. The minimum atomic E-state index is -4.05. The first-order valence-corrected chi connectivity index (χ1v) is 10.1. The van der Waals surface area contributed by atoms with E-state index in [9.17, 15) is 22.4 Å². The summed E-state index contributed by atoms with van der Waals surface area (Å²) in [6.07, 6.45) is 2.33. The number of nitrogens with one attached hydrogen (secondary N) is 2. The Balaban J connectivity index is 1.92. The van der Waals surface area contributed by atoms with E-state index < -0.39 is 32.6 Å². The van der Waals surface area contributed by atoms with Crippen LogP contribution in [0.5, 0.6) is 0 Å². The van der Waals surface area contributed by atoms with Gasteiger partial charge in [-0.15, -0.1) is 0 Å². The molecule has 0 unspecified atom stereocenters. The average Bonchev–Trinajstić information content (AvgIpc) is 3.03. The highest BCUT2D eigenvalue weighted by Crippen LogP contribution is 2.25. The highest BCUT2D eigenvalue weighted by atomic mass is 32.2. The molecule has 1 aromatic carbocycles. The van der Waals surface area contributed by atoms with Crippen LogP contribution in [-0.2, 0) is 10.0 Å². The van der Waals surface area contributed by atoms with Gasteiger partial charge < -0.3 is 11.1 Å². The van der Waals surface area contributed by atoms with Crippen LogP contribution >= 0.6 is 0 Å². The minimum absolute atomic E-state index is 0.0759. The lowest BCUT2D eigenvalue weighted by molar-refractivity contribution is 0.0996. The fourth-order valence-corrected chi connectivity index (χ4v) is 4.64. The molecule has 0 atom stereocenters. The van der Waals surface area contributed by atoms with Crippen LogP contribution in [0.25, 0.3) is 0 Å². The summed E-state index contributed by atoms with van der Waals surface area (Å²) in [5.41, 5.74) is 5.46. The Bertz CT molecular complexity index is 1030. The Morgan fingerprint density at radius 3 is 2.57 bits per heavy atom. The molecule has 3 rings (SSSR count). The van der Waals surface area contributed by atoms with Gasteiger partial charge in [-0.25, -0.2) is 12.8 Å². The standard InChI is InChI=1S/C17H20FN5O4S/c1-10-14(15(16(19)24)22-21-10)20-17(25)11-5-6-12(18)13(9-11)28(26,27)23-7-3-2-4-8-23/h5-6,9H,2-4,7-8H2,1H3,(H2,19,24)(H,20,25)(H,21,22). The average molecular weight is 409 g/mol. The molecule has 1 fully saturated rings. The number of nitrogens with two attached hydrogens (primary N) is 1. The third-order valence-electron chi connectivity index (χ3n) is 4.55. The predicted octanol–water partition coefficient (Wildman–Crippen LogP) is 1.38. The van der Waals surface area contributed by atoms with Crippen molar-refractivity contribution in [1.82, 2.24) is 14.5 Å². The van der Waals surface area contributed by atoms with Gasteiger partial charge in [-0.05, 0) is 38.0 Å². The number of aromatic amines is 1. The first-order valence-electron chi connectivity index (χ1n) is 8.67. The van der Waals surface area contributed by atoms with Crippen LogP contribution in [0, 0.1) is 12.7 Å². The van der Waals surface area contributed by atoms with Gasteiger partial charge >= 0.3 is 0 Å². The molecular weight excluding hydrogens is 389 g/mol.